The van der Waals surface area contributed by atoms with Crippen molar-refractivity contribution in [3.8, 4) is 0 Å². The van der Waals surface area contributed by atoms with Crippen LogP contribution in [0, 0.1) is 11.7 Å². The Morgan fingerprint density at radius 3 is 2.74 bits per heavy atom. The highest BCUT2D eigenvalue weighted by atomic mass is 19.1. The predicted octanol–water partition coefficient (Wildman–Crippen LogP) is 4.35. The van der Waals surface area contributed by atoms with Gasteiger partial charge in [-0.05, 0) is 35.6 Å². The van der Waals surface area contributed by atoms with Gasteiger partial charge in [0, 0.05) is 5.92 Å². The van der Waals surface area contributed by atoms with Gasteiger partial charge < -0.3 is 10.4 Å². The van der Waals surface area contributed by atoms with Crippen molar-refractivity contribution in [2.75, 3.05) is 5.32 Å². The standard InChI is InChI=1S/C19H16FNO2/c20-16-10-4-9-13-11-7-3-8-12(11)17(21-18(13)16)14-5-1-2-6-15(14)19(22)23/h1-7,9-12,17,21H,8H2,(H,22,23)/t11-,12-,17-/m1/s1. The molecular formula is C19H16FNO2. The third-order valence-corrected chi connectivity index (χ3v) is 4.87. The highest BCUT2D eigenvalue weighted by molar-refractivity contribution is 5.89. The Morgan fingerprint density at radius 2 is 1.91 bits per heavy atom. The normalized spacial score (nSPS) is 24.7. The van der Waals surface area contributed by atoms with E-state index in [4.69, 9.17) is 0 Å². The average molecular weight is 309 g/mol. The molecule has 0 bridgehead atoms. The maximum absolute atomic E-state index is 14.3. The highest BCUT2D eigenvalue weighted by Gasteiger charge is 2.39. The number of anilines is 1. The first-order valence-electron chi connectivity index (χ1n) is 7.70. The SMILES string of the molecule is O=C(O)c1ccccc1[C@@H]1Nc2c(F)cccc2[C@@H]2C=CC[C@H]21. The van der Waals surface area contributed by atoms with Crippen LogP contribution in [0.5, 0.6) is 0 Å². The summed E-state index contributed by atoms with van der Waals surface area (Å²) in [6.07, 6.45) is 5.07. The van der Waals surface area contributed by atoms with Crippen molar-refractivity contribution in [3.63, 3.8) is 0 Å². The average Bonchev–Trinajstić information content (AvgIpc) is 3.04. The van der Waals surface area contributed by atoms with E-state index >= 15 is 0 Å². The van der Waals surface area contributed by atoms with Crippen molar-refractivity contribution in [2.45, 2.75) is 18.4 Å². The molecule has 1 aliphatic heterocycles. The Kier molecular flexibility index (Phi) is 3.18. The Bertz CT molecular complexity index is 815. The van der Waals surface area contributed by atoms with Crippen LogP contribution in [0.25, 0.3) is 0 Å². The molecule has 3 nitrogen and oxygen atoms in total. The van der Waals surface area contributed by atoms with Crippen LogP contribution in [-0.2, 0) is 0 Å². The number of hydrogen-bond acceptors (Lipinski definition) is 2. The predicted molar refractivity (Wildman–Crippen MR) is 86.2 cm³/mol. The lowest BCUT2D eigenvalue weighted by Gasteiger charge is -2.38. The molecule has 1 heterocycles. The summed E-state index contributed by atoms with van der Waals surface area (Å²) in [6.45, 7) is 0. The number of rotatable bonds is 2. The van der Waals surface area contributed by atoms with Crippen molar-refractivity contribution in [1.29, 1.82) is 0 Å². The summed E-state index contributed by atoms with van der Waals surface area (Å²) in [5.41, 5.74) is 2.43. The van der Waals surface area contributed by atoms with Gasteiger partial charge in [-0.3, -0.25) is 0 Å². The molecule has 2 aliphatic rings. The number of carboxylic acid groups (broad SMARTS) is 1. The summed E-state index contributed by atoms with van der Waals surface area (Å²) in [7, 11) is 0. The maximum atomic E-state index is 14.3. The number of fused-ring (bicyclic) bond motifs is 3. The number of carboxylic acids is 1. The lowest BCUT2D eigenvalue weighted by atomic mass is 9.76. The molecule has 23 heavy (non-hydrogen) atoms. The first-order valence-corrected chi connectivity index (χ1v) is 7.70. The van der Waals surface area contributed by atoms with E-state index in [2.05, 4.69) is 17.5 Å². The lowest BCUT2D eigenvalue weighted by Crippen LogP contribution is -2.30. The Balaban J connectivity index is 1.86. The topological polar surface area (TPSA) is 49.3 Å². The quantitative estimate of drug-likeness (QED) is 0.811. The summed E-state index contributed by atoms with van der Waals surface area (Å²) < 4.78 is 14.3. The molecule has 0 unspecified atom stereocenters. The minimum absolute atomic E-state index is 0.119. The van der Waals surface area contributed by atoms with Crippen LogP contribution >= 0.6 is 0 Å². The molecule has 0 aromatic heterocycles. The number of allylic oxidation sites excluding steroid dienone is 2. The number of nitrogens with one attached hydrogen (secondary N) is 1. The number of carbonyl (C=O) groups is 1. The van der Waals surface area contributed by atoms with Gasteiger partial charge in [0.2, 0.25) is 0 Å². The summed E-state index contributed by atoms with van der Waals surface area (Å²) >= 11 is 0. The van der Waals surface area contributed by atoms with E-state index in [1.54, 1.807) is 18.2 Å². The van der Waals surface area contributed by atoms with Crippen LogP contribution in [0.15, 0.2) is 54.6 Å². The second-order valence-corrected chi connectivity index (χ2v) is 6.07. The van der Waals surface area contributed by atoms with Crippen molar-refractivity contribution < 1.29 is 14.3 Å². The minimum atomic E-state index is -0.954. The number of benzene rings is 2. The number of halogens is 1. The van der Waals surface area contributed by atoms with Gasteiger partial charge in [-0.15, -0.1) is 0 Å². The van der Waals surface area contributed by atoms with Crippen LogP contribution in [0.1, 0.15) is 39.9 Å². The first-order chi connectivity index (χ1) is 11.2. The van der Waals surface area contributed by atoms with Crippen molar-refractivity contribution >= 4 is 11.7 Å². The van der Waals surface area contributed by atoms with Gasteiger partial charge in [0.15, 0.2) is 0 Å². The van der Waals surface area contributed by atoms with E-state index in [0.717, 1.165) is 12.0 Å². The van der Waals surface area contributed by atoms with Crippen molar-refractivity contribution in [3.05, 3.63) is 77.1 Å². The summed E-state index contributed by atoms with van der Waals surface area (Å²) in [6, 6.07) is 11.9. The van der Waals surface area contributed by atoms with Gasteiger partial charge >= 0.3 is 5.97 Å². The van der Waals surface area contributed by atoms with E-state index in [1.807, 2.05) is 18.2 Å². The fourth-order valence-electron chi connectivity index (χ4n) is 3.85. The molecular weight excluding hydrogens is 293 g/mol. The molecule has 0 spiro atoms. The minimum Gasteiger partial charge on any atom is -0.478 e. The second kappa shape index (κ2) is 5.23. The molecule has 3 atom stereocenters. The molecule has 4 heteroatoms. The van der Waals surface area contributed by atoms with Crippen LogP contribution in [-0.4, -0.2) is 11.1 Å². The zero-order chi connectivity index (χ0) is 16.0. The second-order valence-electron chi connectivity index (χ2n) is 6.07. The lowest BCUT2D eigenvalue weighted by molar-refractivity contribution is 0.0694. The molecule has 0 fully saturated rings. The van der Waals surface area contributed by atoms with Gasteiger partial charge in [0.05, 0.1) is 17.3 Å². The molecule has 1 aliphatic carbocycles. The monoisotopic (exact) mass is 309 g/mol. The van der Waals surface area contributed by atoms with E-state index in [-0.39, 0.29) is 29.3 Å². The van der Waals surface area contributed by atoms with Gasteiger partial charge in [0.1, 0.15) is 5.82 Å². The van der Waals surface area contributed by atoms with Crippen molar-refractivity contribution in [1.82, 2.24) is 0 Å². The molecule has 0 saturated carbocycles. The van der Waals surface area contributed by atoms with Gasteiger partial charge in [-0.2, -0.15) is 0 Å². The fourth-order valence-corrected chi connectivity index (χ4v) is 3.85. The zero-order valence-corrected chi connectivity index (χ0v) is 12.4. The van der Waals surface area contributed by atoms with Crippen LogP contribution in [0.3, 0.4) is 0 Å². The Hall–Kier alpha value is -2.62. The first kappa shape index (κ1) is 14.0. The molecule has 116 valence electrons. The number of hydrogen-bond donors (Lipinski definition) is 2. The molecule has 2 N–H and O–H groups in total. The highest BCUT2D eigenvalue weighted by Crippen LogP contribution is 2.50. The van der Waals surface area contributed by atoms with Gasteiger partial charge in [0.25, 0.3) is 0 Å². The number of para-hydroxylation sites is 1. The molecule has 0 saturated heterocycles. The molecule has 0 radical (unpaired) electrons. The third-order valence-electron chi connectivity index (χ3n) is 4.87. The van der Waals surface area contributed by atoms with Crippen LogP contribution in [0.4, 0.5) is 10.1 Å². The summed E-state index contributed by atoms with van der Waals surface area (Å²) in [4.78, 5) is 11.6. The number of aromatic carboxylic acids is 1. The van der Waals surface area contributed by atoms with Crippen molar-refractivity contribution in [2.24, 2.45) is 5.92 Å². The third kappa shape index (κ3) is 2.13. The van der Waals surface area contributed by atoms with Crippen LogP contribution in [0.2, 0.25) is 0 Å². The molecule has 4 rings (SSSR count). The maximum Gasteiger partial charge on any atom is 0.336 e. The zero-order valence-electron chi connectivity index (χ0n) is 12.4. The van der Waals surface area contributed by atoms with Gasteiger partial charge in [-0.1, -0.05) is 42.5 Å². The summed E-state index contributed by atoms with van der Waals surface area (Å²) in [5, 5.41) is 12.7. The van der Waals surface area contributed by atoms with E-state index in [0.29, 0.717) is 11.3 Å². The van der Waals surface area contributed by atoms with Crippen LogP contribution < -0.4 is 5.32 Å². The Morgan fingerprint density at radius 1 is 1.13 bits per heavy atom. The van der Waals surface area contributed by atoms with E-state index < -0.39 is 5.97 Å². The fraction of sp³-hybridized carbons (Fsp3) is 0.211. The summed E-state index contributed by atoms with van der Waals surface area (Å²) in [5.74, 6) is -0.929. The van der Waals surface area contributed by atoms with E-state index in [9.17, 15) is 14.3 Å². The smallest absolute Gasteiger partial charge is 0.336 e. The molecule has 2 aromatic rings. The molecule has 0 amide bonds. The molecule has 2 aromatic carbocycles. The van der Waals surface area contributed by atoms with Gasteiger partial charge in [-0.25, -0.2) is 9.18 Å². The Labute approximate surface area is 133 Å². The van der Waals surface area contributed by atoms with E-state index in [1.165, 1.54) is 6.07 Å². The largest absolute Gasteiger partial charge is 0.478 e.